The van der Waals surface area contributed by atoms with Crippen LogP contribution in [0.4, 0.5) is 0 Å². The number of hydrogen-bond acceptors (Lipinski definition) is 3. The summed E-state index contributed by atoms with van der Waals surface area (Å²) in [7, 11) is 0. The first-order valence-corrected chi connectivity index (χ1v) is 9.54. The lowest BCUT2D eigenvalue weighted by molar-refractivity contribution is 0.0623. The van der Waals surface area contributed by atoms with Gasteiger partial charge >= 0.3 is 0 Å². The fraction of sp³-hybridized carbons (Fsp3) is 0.350. The molecule has 0 aromatic heterocycles. The van der Waals surface area contributed by atoms with Gasteiger partial charge in [0.2, 0.25) is 0 Å². The number of carbonyl (C=O) groups is 1. The normalized spacial score (nSPS) is 17.0. The fourth-order valence-electron chi connectivity index (χ4n) is 3.11. The van der Waals surface area contributed by atoms with Crippen molar-refractivity contribution in [2.24, 2.45) is 5.73 Å². The number of thioether (sulfide) groups is 1. The van der Waals surface area contributed by atoms with Crippen molar-refractivity contribution in [1.82, 2.24) is 4.90 Å². The summed E-state index contributed by atoms with van der Waals surface area (Å²) in [6.07, 6.45) is 3.27. The molecule has 1 aliphatic heterocycles. The molecular weight excluding hydrogens is 352 g/mol. The average Bonchev–Trinajstić information content (AvgIpc) is 2.67. The predicted molar refractivity (Wildman–Crippen MR) is 107 cm³/mol. The third kappa shape index (κ3) is 5.24. The van der Waals surface area contributed by atoms with Crippen molar-refractivity contribution in [3.05, 3.63) is 65.7 Å². The first-order valence-electron chi connectivity index (χ1n) is 8.56. The molecule has 134 valence electrons. The van der Waals surface area contributed by atoms with Gasteiger partial charge in [-0.25, -0.2) is 0 Å². The second kappa shape index (κ2) is 9.85. The molecule has 1 unspecified atom stereocenters. The van der Waals surface area contributed by atoms with Gasteiger partial charge in [0.1, 0.15) is 0 Å². The van der Waals surface area contributed by atoms with Crippen LogP contribution in [0.1, 0.15) is 35.2 Å². The maximum Gasteiger partial charge on any atom is 0.254 e. The minimum absolute atomic E-state index is 0. The van der Waals surface area contributed by atoms with Crippen LogP contribution in [0.5, 0.6) is 0 Å². The van der Waals surface area contributed by atoms with E-state index in [4.69, 9.17) is 5.73 Å². The number of nitrogens with two attached hydrogens (primary N) is 1. The highest BCUT2D eigenvalue weighted by Crippen LogP contribution is 2.24. The molecule has 0 saturated carbocycles. The van der Waals surface area contributed by atoms with Gasteiger partial charge in [0, 0.05) is 35.3 Å². The van der Waals surface area contributed by atoms with Gasteiger partial charge in [-0.1, -0.05) is 30.3 Å². The summed E-state index contributed by atoms with van der Waals surface area (Å²) >= 11 is 1.79. The summed E-state index contributed by atoms with van der Waals surface area (Å²) < 4.78 is 0. The second-order valence-corrected chi connectivity index (χ2v) is 7.23. The van der Waals surface area contributed by atoms with Crippen LogP contribution in [0.3, 0.4) is 0 Å². The average molecular weight is 377 g/mol. The van der Waals surface area contributed by atoms with Crippen molar-refractivity contribution in [3.8, 4) is 0 Å². The van der Waals surface area contributed by atoms with E-state index in [2.05, 4.69) is 24.3 Å². The number of halogens is 1. The van der Waals surface area contributed by atoms with E-state index in [0.29, 0.717) is 6.54 Å². The lowest BCUT2D eigenvalue weighted by Gasteiger charge is -2.35. The second-order valence-electron chi connectivity index (χ2n) is 6.18. The molecular formula is C20H25ClN2OS. The fourth-order valence-corrected chi connectivity index (χ4v) is 3.97. The van der Waals surface area contributed by atoms with E-state index in [1.54, 1.807) is 11.8 Å². The monoisotopic (exact) mass is 376 g/mol. The molecule has 1 fully saturated rings. The van der Waals surface area contributed by atoms with E-state index in [1.807, 2.05) is 35.2 Å². The molecule has 0 radical (unpaired) electrons. The van der Waals surface area contributed by atoms with E-state index >= 15 is 0 Å². The zero-order chi connectivity index (χ0) is 16.8. The van der Waals surface area contributed by atoms with E-state index in [0.717, 1.165) is 30.7 Å². The highest BCUT2D eigenvalue weighted by molar-refractivity contribution is 7.98. The third-order valence-electron chi connectivity index (χ3n) is 4.51. The molecule has 1 atom stereocenters. The van der Waals surface area contributed by atoms with Gasteiger partial charge in [-0.15, -0.1) is 24.2 Å². The Morgan fingerprint density at radius 1 is 1.08 bits per heavy atom. The predicted octanol–water partition coefficient (Wildman–Crippen LogP) is 4.35. The van der Waals surface area contributed by atoms with Gasteiger partial charge in [0.25, 0.3) is 5.91 Å². The highest BCUT2D eigenvalue weighted by atomic mass is 35.5. The first kappa shape index (κ1) is 19.8. The maximum atomic E-state index is 12.7. The molecule has 1 amide bonds. The zero-order valence-corrected chi connectivity index (χ0v) is 15.9. The molecule has 2 aromatic carbocycles. The topological polar surface area (TPSA) is 46.3 Å². The summed E-state index contributed by atoms with van der Waals surface area (Å²) in [5.41, 5.74) is 7.90. The van der Waals surface area contributed by atoms with E-state index in [1.165, 1.54) is 16.9 Å². The Morgan fingerprint density at radius 3 is 2.48 bits per heavy atom. The summed E-state index contributed by atoms with van der Waals surface area (Å²) in [6.45, 7) is 1.38. The Bertz CT molecular complexity index is 663. The molecule has 1 saturated heterocycles. The largest absolute Gasteiger partial charge is 0.334 e. The van der Waals surface area contributed by atoms with Crippen LogP contribution in [0.25, 0.3) is 0 Å². The number of benzene rings is 2. The van der Waals surface area contributed by atoms with Gasteiger partial charge in [0.05, 0.1) is 0 Å². The highest BCUT2D eigenvalue weighted by Gasteiger charge is 2.26. The number of hydrogen-bond donors (Lipinski definition) is 1. The van der Waals surface area contributed by atoms with Crippen molar-refractivity contribution in [2.45, 2.75) is 36.0 Å². The van der Waals surface area contributed by atoms with Crippen LogP contribution in [-0.4, -0.2) is 29.9 Å². The van der Waals surface area contributed by atoms with Crippen LogP contribution in [0.15, 0.2) is 59.5 Å². The maximum absolute atomic E-state index is 12.7. The zero-order valence-electron chi connectivity index (χ0n) is 14.3. The van der Waals surface area contributed by atoms with Crippen LogP contribution in [0, 0.1) is 0 Å². The van der Waals surface area contributed by atoms with Crippen LogP contribution < -0.4 is 5.73 Å². The quantitative estimate of drug-likeness (QED) is 0.789. The number of piperidine rings is 1. The Balaban J connectivity index is 0.00000225. The van der Waals surface area contributed by atoms with Gasteiger partial charge in [0.15, 0.2) is 0 Å². The molecule has 0 spiro atoms. The number of carbonyl (C=O) groups excluding carboxylic acids is 1. The van der Waals surface area contributed by atoms with E-state index in [9.17, 15) is 4.79 Å². The number of amides is 1. The Morgan fingerprint density at radius 2 is 1.80 bits per heavy atom. The molecule has 3 rings (SSSR count). The molecule has 1 heterocycles. The molecule has 1 aliphatic rings. The SMILES string of the molecule is Cl.NCC1CCCCN1C(=O)c1ccc(SCc2ccccc2)cc1. The van der Waals surface area contributed by atoms with Crippen LogP contribution in [-0.2, 0) is 5.75 Å². The lowest BCUT2D eigenvalue weighted by atomic mass is 10.0. The van der Waals surface area contributed by atoms with Crippen molar-refractivity contribution in [1.29, 1.82) is 0 Å². The molecule has 0 bridgehead atoms. The van der Waals surface area contributed by atoms with Gasteiger partial charge in [-0.05, 0) is 49.1 Å². The van der Waals surface area contributed by atoms with E-state index < -0.39 is 0 Å². The molecule has 0 aliphatic carbocycles. The molecule has 5 heteroatoms. The minimum Gasteiger partial charge on any atom is -0.334 e. The van der Waals surface area contributed by atoms with Gasteiger partial charge in [-0.2, -0.15) is 0 Å². The van der Waals surface area contributed by atoms with Crippen LogP contribution >= 0.6 is 24.2 Å². The van der Waals surface area contributed by atoms with Gasteiger partial charge < -0.3 is 10.6 Å². The number of nitrogens with zero attached hydrogens (tertiary/aromatic N) is 1. The van der Waals surface area contributed by atoms with Gasteiger partial charge in [-0.3, -0.25) is 4.79 Å². The minimum atomic E-state index is 0. The smallest absolute Gasteiger partial charge is 0.254 e. The molecule has 25 heavy (non-hydrogen) atoms. The molecule has 2 aromatic rings. The number of likely N-dealkylation sites (tertiary alicyclic amines) is 1. The Kier molecular flexibility index (Phi) is 7.82. The first-order chi connectivity index (χ1) is 11.8. The molecule has 2 N–H and O–H groups in total. The van der Waals surface area contributed by atoms with Crippen LogP contribution in [0.2, 0.25) is 0 Å². The summed E-state index contributed by atoms with van der Waals surface area (Å²) in [5.74, 6) is 1.06. The summed E-state index contributed by atoms with van der Waals surface area (Å²) in [6, 6.07) is 18.6. The third-order valence-corrected chi connectivity index (χ3v) is 5.59. The lowest BCUT2D eigenvalue weighted by Crippen LogP contribution is -2.47. The van der Waals surface area contributed by atoms with Crippen molar-refractivity contribution >= 4 is 30.1 Å². The standard InChI is InChI=1S/C20H24N2OS.ClH/c21-14-18-8-4-5-13-22(18)20(23)17-9-11-19(12-10-17)24-15-16-6-2-1-3-7-16;/h1-3,6-7,9-12,18H,4-5,8,13-15,21H2;1H. The Labute approximate surface area is 160 Å². The van der Waals surface area contributed by atoms with Crippen molar-refractivity contribution in [2.75, 3.05) is 13.1 Å². The summed E-state index contributed by atoms with van der Waals surface area (Å²) in [5, 5.41) is 0. The van der Waals surface area contributed by atoms with E-state index in [-0.39, 0.29) is 24.4 Å². The van der Waals surface area contributed by atoms with Crippen molar-refractivity contribution < 1.29 is 4.79 Å². The number of rotatable bonds is 5. The summed E-state index contributed by atoms with van der Waals surface area (Å²) in [4.78, 5) is 15.9. The molecule has 3 nitrogen and oxygen atoms in total. The Hall–Kier alpha value is -1.49. The van der Waals surface area contributed by atoms with Crippen molar-refractivity contribution in [3.63, 3.8) is 0 Å².